The van der Waals surface area contributed by atoms with Crippen LogP contribution < -0.4 is 5.32 Å². The van der Waals surface area contributed by atoms with Crippen molar-refractivity contribution >= 4 is 0 Å². The average molecular weight is 351 g/mol. The third-order valence-electron chi connectivity index (χ3n) is 4.58. The molecule has 2 N–H and O–H groups in total. The highest BCUT2D eigenvalue weighted by atomic mass is 15.3. The minimum Gasteiger partial charge on any atom is -0.310 e. The standard InChI is InChI=1S/C21H29N5/c1-4-5-6-18-7-9-21(10-8-18)26-15-19(14-23-26)13-22-16(2)11-20-12-17(3)24-25-20/h7-10,12,14-16,22H,4-6,11,13H2,1-3H3,(H,24,25)/t16-/m1/s1. The van der Waals surface area contributed by atoms with Crippen LogP contribution in [0.15, 0.2) is 42.7 Å². The first-order chi connectivity index (χ1) is 12.6. The molecule has 0 aliphatic rings. The van der Waals surface area contributed by atoms with E-state index in [0.717, 1.165) is 36.5 Å². The molecule has 0 unspecified atom stereocenters. The lowest BCUT2D eigenvalue weighted by Gasteiger charge is -2.11. The number of hydrogen-bond donors (Lipinski definition) is 2. The molecule has 138 valence electrons. The summed E-state index contributed by atoms with van der Waals surface area (Å²) in [6.45, 7) is 7.24. The van der Waals surface area contributed by atoms with Gasteiger partial charge in [-0.3, -0.25) is 5.10 Å². The highest BCUT2D eigenvalue weighted by Crippen LogP contribution is 2.12. The Morgan fingerprint density at radius 3 is 2.69 bits per heavy atom. The van der Waals surface area contributed by atoms with E-state index in [0.29, 0.717) is 6.04 Å². The van der Waals surface area contributed by atoms with Crippen molar-refractivity contribution in [2.45, 2.75) is 59.0 Å². The molecule has 5 heteroatoms. The predicted molar refractivity (Wildman–Crippen MR) is 106 cm³/mol. The molecule has 1 atom stereocenters. The fraction of sp³-hybridized carbons (Fsp3) is 0.429. The molecule has 0 radical (unpaired) electrons. The Kier molecular flexibility index (Phi) is 6.23. The van der Waals surface area contributed by atoms with Gasteiger partial charge in [0, 0.05) is 36.5 Å². The fourth-order valence-corrected chi connectivity index (χ4v) is 3.05. The number of H-pyrrole nitrogens is 1. The highest BCUT2D eigenvalue weighted by Gasteiger charge is 2.07. The van der Waals surface area contributed by atoms with E-state index in [1.165, 1.54) is 24.0 Å². The van der Waals surface area contributed by atoms with Crippen LogP contribution in [0.1, 0.15) is 49.2 Å². The van der Waals surface area contributed by atoms with Crippen LogP contribution in [0.3, 0.4) is 0 Å². The maximum Gasteiger partial charge on any atom is 0.0645 e. The van der Waals surface area contributed by atoms with Crippen LogP contribution >= 0.6 is 0 Å². The van der Waals surface area contributed by atoms with Crippen molar-refractivity contribution in [1.82, 2.24) is 25.3 Å². The SMILES string of the molecule is CCCCc1ccc(-n2cc(CN[C@H](C)Cc3cc(C)[nH]n3)cn2)cc1. The molecule has 3 aromatic rings. The smallest absolute Gasteiger partial charge is 0.0645 e. The van der Waals surface area contributed by atoms with E-state index in [-0.39, 0.29) is 0 Å². The Morgan fingerprint density at radius 1 is 1.19 bits per heavy atom. The minimum atomic E-state index is 0.360. The number of aryl methyl sites for hydroxylation is 2. The van der Waals surface area contributed by atoms with Crippen molar-refractivity contribution in [2.75, 3.05) is 0 Å². The van der Waals surface area contributed by atoms with Crippen molar-refractivity contribution < 1.29 is 0 Å². The fourth-order valence-electron chi connectivity index (χ4n) is 3.05. The van der Waals surface area contributed by atoms with Gasteiger partial charge < -0.3 is 5.32 Å². The van der Waals surface area contributed by atoms with Gasteiger partial charge in [0.05, 0.1) is 17.6 Å². The molecule has 2 aromatic heterocycles. The first kappa shape index (κ1) is 18.4. The summed E-state index contributed by atoms with van der Waals surface area (Å²) in [6, 6.07) is 11.2. The molecule has 0 aliphatic heterocycles. The van der Waals surface area contributed by atoms with Gasteiger partial charge in [-0.15, -0.1) is 0 Å². The zero-order valence-electron chi connectivity index (χ0n) is 16.0. The van der Waals surface area contributed by atoms with E-state index in [4.69, 9.17) is 0 Å². The molecular weight excluding hydrogens is 322 g/mol. The molecule has 0 aliphatic carbocycles. The molecule has 0 saturated heterocycles. The monoisotopic (exact) mass is 351 g/mol. The highest BCUT2D eigenvalue weighted by molar-refractivity contribution is 5.34. The minimum absolute atomic E-state index is 0.360. The summed E-state index contributed by atoms with van der Waals surface area (Å²) in [6.07, 6.45) is 8.57. The van der Waals surface area contributed by atoms with Crippen LogP contribution in [0.25, 0.3) is 5.69 Å². The first-order valence-corrected chi connectivity index (χ1v) is 9.51. The molecule has 5 nitrogen and oxygen atoms in total. The number of benzene rings is 1. The van der Waals surface area contributed by atoms with Gasteiger partial charge in [0.1, 0.15) is 0 Å². The summed E-state index contributed by atoms with van der Waals surface area (Å²) in [5, 5.41) is 15.3. The van der Waals surface area contributed by atoms with Gasteiger partial charge in [0.15, 0.2) is 0 Å². The average Bonchev–Trinajstić information content (AvgIpc) is 3.28. The number of aromatic amines is 1. The lowest BCUT2D eigenvalue weighted by molar-refractivity contribution is 0.540. The summed E-state index contributed by atoms with van der Waals surface area (Å²) in [7, 11) is 0. The second kappa shape index (κ2) is 8.81. The van der Waals surface area contributed by atoms with Gasteiger partial charge in [0.2, 0.25) is 0 Å². The van der Waals surface area contributed by atoms with E-state index in [9.17, 15) is 0 Å². The molecular formula is C21H29N5. The number of rotatable bonds is 9. The molecule has 3 rings (SSSR count). The van der Waals surface area contributed by atoms with Crippen LogP contribution in [0.4, 0.5) is 0 Å². The normalized spacial score (nSPS) is 12.4. The van der Waals surface area contributed by atoms with Gasteiger partial charge >= 0.3 is 0 Å². The number of unbranched alkanes of at least 4 members (excludes halogenated alkanes) is 1. The third-order valence-corrected chi connectivity index (χ3v) is 4.58. The van der Waals surface area contributed by atoms with Crippen molar-refractivity contribution in [3.63, 3.8) is 0 Å². The van der Waals surface area contributed by atoms with E-state index in [1.807, 2.05) is 17.8 Å². The molecule has 1 aromatic carbocycles. The maximum absolute atomic E-state index is 4.50. The zero-order chi connectivity index (χ0) is 18.4. The van der Waals surface area contributed by atoms with E-state index < -0.39 is 0 Å². The second-order valence-corrected chi connectivity index (χ2v) is 7.09. The molecule has 0 saturated carbocycles. The van der Waals surface area contributed by atoms with Gasteiger partial charge in [-0.1, -0.05) is 25.5 Å². The Labute approximate surface area is 155 Å². The summed E-state index contributed by atoms with van der Waals surface area (Å²) in [5.41, 5.74) is 5.89. The van der Waals surface area contributed by atoms with Crippen molar-refractivity contribution in [3.05, 3.63) is 65.2 Å². The summed E-state index contributed by atoms with van der Waals surface area (Å²) in [4.78, 5) is 0. The van der Waals surface area contributed by atoms with Crippen LogP contribution in [-0.4, -0.2) is 26.0 Å². The van der Waals surface area contributed by atoms with Crippen LogP contribution in [0.2, 0.25) is 0 Å². The molecule has 0 fully saturated rings. The summed E-state index contributed by atoms with van der Waals surface area (Å²) in [5.74, 6) is 0. The zero-order valence-corrected chi connectivity index (χ0v) is 16.0. The van der Waals surface area contributed by atoms with Gasteiger partial charge in [0.25, 0.3) is 0 Å². The number of nitrogens with one attached hydrogen (secondary N) is 2. The lowest BCUT2D eigenvalue weighted by atomic mass is 10.1. The van der Waals surface area contributed by atoms with Crippen LogP contribution in [0, 0.1) is 6.92 Å². The van der Waals surface area contributed by atoms with Crippen molar-refractivity contribution in [1.29, 1.82) is 0 Å². The Balaban J connectivity index is 1.52. The van der Waals surface area contributed by atoms with Crippen LogP contribution in [0.5, 0.6) is 0 Å². The lowest BCUT2D eigenvalue weighted by Crippen LogP contribution is -2.27. The summed E-state index contributed by atoms with van der Waals surface area (Å²) < 4.78 is 1.95. The third kappa shape index (κ3) is 5.05. The molecule has 0 spiro atoms. The Hall–Kier alpha value is -2.40. The quantitative estimate of drug-likeness (QED) is 0.613. The Morgan fingerprint density at radius 2 is 2.00 bits per heavy atom. The topological polar surface area (TPSA) is 58.5 Å². The number of hydrogen-bond acceptors (Lipinski definition) is 3. The first-order valence-electron chi connectivity index (χ1n) is 9.51. The van der Waals surface area contributed by atoms with E-state index >= 15 is 0 Å². The molecule has 2 heterocycles. The molecule has 0 bridgehead atoms. The molecule has 0 amide bonds. The largest absolute Gasteiger partial charge is 0.310 e. The number of aromatic nitrogens is 4. The van der Waals surface area contributed by atoms with Crippen molar-refractivity contribution in [3.8, 4) is 5.69 Å². The van der Waals surface area contributed by atoms with Crippen LogP contribution in [-0.2, 0) is 19.4 Å². The van der Waals surface area contributed by atoms with E-state index in [1.54, 1.807) is 0 Å². The van der Waals surface area contributed by atoms with Gasteiger partial charge in [-0.2, -0.15) is 10.2 Å². The molecule has 26 heavy (non-hydrogen) atoms. The summed E-state index contributed by atoms with van der Waals surface area (Å²) >= 11 is 0. The van der Waals surface area contributed by atoms with Gasteiger partial charge in [-0.25, -0.2) is 4.68 Å². The van der Waals surface area contributed by atoms with Crippen molar-refractivity contribution in [2.24, 2.45) is 0 Å². The van der Waals surface area contributed by atoms with Gasteiger partial charge in [-0.05, 0) is 50.5 Å². The Bertz CT molecular complexity index is 800. The predicted octanol–water partition coefficient (Wildman–Crippen LogP) is 3.97. The second-order valence-electron chi connectivity index (χ2n) is 7.09. The van der Waals surface area contributed by atoms with E-state index in [2.05, 4.69) is 71.0 Å². The maximum atomic E-state index is 4.50. The number of nitrogens with zero attached hydrogens (tertiary/aromatic N) is 3.